The summed E-state index contributed by atoms with van der Waals surface area (Å²) in [6.07, 6.45) is 5.69. The number of rotatable bonds is 2. The first-order chi connectivity index (χ1) is 3.84. The summed E-state index contributed by atoms with van der Waals surface area (Å²) in [5.41, 5.74) is 0. The second kappa shape index (κ2) is 2.86. The van der Waals surface area contributed by atoms with Gasteiger partial charge >= 0.3 is 0 Å². The third-order valence-corrected chi connectivity index (χ3v) is 3.45. The van der Waals surface area contributed by atoms with Crippen molar-refractivity contribution in [2.45, 2.75) is 37.4 Å². The van der Waals surface area contributed by atoms with E-state index in [2.05, 4.69) is 22.9 Å². The van der Waals surface area contributed by atoms with Gasteiger partial charge < -0.3 is 0 Å². The fraction of sp³-hybridized carbons (Fsp3) is 1.00. The standard InChI is InChI=1S/C7H13Br/c1-2-7(8)6-4-3-5-6/h6-7H,2-5H2,1H3. The first kappa shape index (κ1) is 6.60. The maximum Gasteiger partial charge on any atom is 0.0171 e. The normalized spacial score (nSPS) is 24.8. The van der Waals surface area contributed by atoms with E-state index in [1.807, 2.05) is 0 Å². The molecule has 0 aliphatic heterocycles. The fourth-order valence-electron chi connectivity index (χ4n) is 1.13. The van der Waals surface area contributed by atoms with Crippen LogP contribution in [0.3, 0.4) is 0 Å². The summed E-state index contributed by atoms with van der Waals surface area (Å²) >= 11 is 3.65. The average molecular weight is 177 g/mol. The zero-order valence-electron chi connectivity index (χ0n) is 5.36. The largest absolute Gasteiger partial charge is 0.0888 e. The molecule has 1 fully saturated rings. The minimum absolute atomic E-state index is 0.816. The molecule has 1 atom stereocenters. The molecule has 0 saturated heterocycles. The Kier molecular flexibility index (Phi) is 2.36. The molecule has 0 aromatic carbocycles. The van der Waals surface area contributed by atoms with Crippen molar-refractivity contribution in [2.24, 2.45) is 5.92 Å². The zero-order chi connectivity index (χ0) is 5.98. The van der Waals surface area contributed by atoms with Crippen LogP contribution in [0.5, 0.6) is 0 Å². The molecule has 0 amide bonds. The summed E-state index contributed by atoms with van der Waals surface area (Å²) in [6, 6.07) is 0. The lowest BCUT2D eigenvalue weighted by Gasteiger charge is -2.29. The van der Waals surface area contributed by atoms with Crippen LogP contribution < -0.4 is 0 Å². The van der Waals surface area contributed by atoms with Crippen LogP contribution in [0.4, 0.5) is 0 Å². The molecule has 1 rings (SSSR count). The highest BCUT2D eigenvalue weighted by Gasteiger charge is 2.23. The Morgan fingerprint density at radius 1 is 1.62 bits per heavy atom. The number of hydrogen-bond donors (Lipinski definition) is 0. The summed E-state index contributed by atoms with van der Waals surface area (Å²) in [5.74, 6) is 1.01. The molecule has 1 aliphatic rings. The van der Waals surface area contributed by atoms with Gasteiger partial charge in [0.25, 0.3) is 0 Å². The third kappa shape index (κ3) is 1.25. The molecule has 1 heteroatoms. The SMILES string of the molecule is CCC(Br)C1CCC1. The lowest BCUT2D eigenvalue weighted by atomic mass is 9.82. The van der Waals surface area contributed by atoms with Crippen LogP contribution in [0.15, 0.2) is 0 Å². The molecule has 0 aromatic rings. The van der Waals surface area contributed by atoms with E-state index in [9.17, 15) is 0 Å². The van der Waals surface area contributed by atoms with Gasteiger partial charge in [-0.15, -0.1) is 0 Å². The van der Waals surface area contributed by atoms with Gasteiger partial charge in [-0.25, -0.2) is 0 Å². The molecular weight excluding hydrogens is 164 g/mol. The Hall–Kier alpha value is 0.480. The Morgan fingerprint density at radius 3 is 2.38 bits per heavy atom. The highest BCUT2D eigenvalue weighted by molar-refractivity contribution is 9.09. The van der Waals surface area contributed by atoms with Gasteiger partial charge in [-0.1, -0.05) is 29.3 Å². The number of alkyl halides is 1. The topological polar surface area (TPSA) is 0 Å². The quantitative estimate of drug-likeness (QED) is 0.569. The van der Waals surface area contributed by atoms with Crippen LogP contribution in [0.1, 0.15) is 32.6 Å². The van der Waals surface area contributed by atoms with E-state index in [-0.39, 0.29) is 0 Å². The summed E-state index contributed by atoms with van der Waals surface area (Å²) in [4.78, 5) is 0.816. The minimum Gasteiger partial charge on any atom is -0.0888 e. The smallest absolute Gasteiger partial charge is 0.0171 e. The van der Waals surface area contributed by atoms with E-state index in [0.717, 1.165) is 10.7 Å². The van der Waals surface area contributed by atoms with E-state index in [0.29, 0.717) is 0 Å². The number of hydrogen-bond acceptors (Lipinski definition) is 0. The Labute approximate surface area is 59.8 Å². The Morgan fingerprint density at radius 2 is 2.25 bits per heavy atom. The van der Waals surface area contributed by atoms with Gasteiger partial charge in [0.1, 0.15) is 0 Å². The molecule has 0 nitrogen and oxygen atoms in total. The van der Waals surface area contributed by atoms with E-state index in [1.54, 1.807) is 0 Å². The Balaban J connectivity index is 2.13. The molecule has 1 aliphatic carbocycles. The van der Waals surface area contributed by atoms with Gasteiger partial charge in [0, 0.05) is 4.83 Å². The van der Waals surface area contributed by atoms with E-state index < -0.39 is 0 Å². The maximum atomic E-state index is 3.65. The molecule has 1 saturated carbocycles. The molecule has 0 radical (unpaired) electrons. The first-order valence-corrected chi connectivity index (χ1v) is 4.40. The summed E-state index contributed by atoms with van der Waals surface area (Å²) in [7, 11) is 0. The van der Waals surface area contributed by atoms with Crippen molar-refractivity contribution in [1.29, 1.82) is 0 Å². The van der Waals surface area contributed by atoms with Crippen molar-refractivity contribution in [2.75, 3.05) is 0 Å². The Bertz CT molecular complexity index is 64.0. The van der Waals surface area contributed by atoms with Crippen LogP contribution in [0.25, 0.3) is 0 Å². The minimum atomic E-state index is 0.816. The van der Waals surface area contributed by atoms with Crippen LogP contribution in [-0.2, 0) is 0 Å². The summed E-state index contributed by atoms with van der Waals surface area (Å²) in [5, 5.41) is 0. The fourth-order valence-corrected chi connectivity index (χ4v) is 1.66. The first-order valence-electron chi connectivity index (χ1n) is 3.48. The van der Waals surface area contributed by atoms with Crippen LogP contribution >= 0.6 is 15.9 Å². The van der Waals surface area contributed by atoms with Gasteiger partial charge in [0.05, 0.1) is 0 Å². The highest BCUT2D eigenvalue weighted by atomic mass is 79.9. The molecular formula is C7H13Br. The molecule has 0 spiro atoms. The molecule has 1 unspecified atom stereocenters. The lowest BCUT2D eigenvalue weighted by Crippen LogP contribution is -2.20. The van der Waals surface area contributed by atoms with Gasteiger partial charge in [-0.3, -0.25) is 0 Å². The summed E-state index contributed by atoms with van der Waals surface area (Å²) < 4.78 is 0. The molecule has 0 N–H and O–H groups in total. The third-order valence-electron chi connectivity index (χ3n) is 2.05. The van der Waals surface area contributed by atoms with Crippen molar-refractivity contribution >= 4 is 15.9 Å². The molecule has 0 aromatic heterocycles. The van der Waals surface area contributed by atoms with E-state index >= 15 is 0 Å². The van der Waals surface area contributed by atoms with Crippen molar-refractivity contribution in [3.63, 3.8) is 0 Å². The van der Waals surface area contributed by atoms with Gasteiger partial charge in [-0.05, 0) is 25.2 Å². The molecule has 0 heterocycles. The lowest BCUT2D eigenvalue weighted by molar-refractivity contribution is 0.306. The second-order valence-corrected chi connectivity index (χ2v) is 3.79. The van der Waals surface area contributed by atoms with Gasteiger partial charge in [0.15, 0.2) is 0 Å². The number of halogens is 1. The van der Waals surface area contributed by atoms with Crippen molar-refractivity contribution in [1.82, 2.24) is 0 Å². The van der Waals surface area contributed by atoms with E-state index in [4.69, 9.17) is 0 Å². The van der Waals surface area contributed by atoms with Crippen molar-refractivity contribution in [3.05, 3.63) is 0 Å². The second-order valence-electron chi connectivity index (χ2n) is 2.62. The predicted molar refractivity (Wildman–Crippen MR) is 40.3 cm³/mol. The van der Waals surface area contributed by atoms with Gasteiger partial charge in [-0.2, -0.15) is 0 Å². The van der Waals surface area contributed by atoms with Crippen molar-refractivity contribution in [3.8, 4) is 0 Å². The van der Waals surface area contributed by atoms with Crippen LogP contribution in [0.2, 0.25) is 0 Å². The average Bonchev–Trinajstić information content (AvgIpc) is 1.62. The van der Waals surface area contributed by atoms with E-state index in [1.165, 1.54) is 25.7 Å². The van der Waals surface area contributed by atoms with Crippen LogP contribution in [-0.4, -0.2) is 4.83 Å². The molecule has 48 valence electrons. The zero-order valence-corrected chi connectivity index (χ0v) is 6.95. The van der Waals surface area contributed by atoms with Gasteiger partial charge in [0.2, 0.25) is 0 Å². The monoisotopic (exact) mass is 176 g/mol. The van der Waals surface area contributed by atoms with Crippen molar-refractivity contribution < 1.29 is 0 Å². The molecule has 0 bridgehead atoms. The molecule has 8 heavy (non-hydrogen) atoms. The summed E-state index contributed by atoms with van der Waals surface area (Å²) in [6.45, 7) is 2.25. The highest BCUT2D eigenvalue weighted by Crippen LogP contribution is 2.34. The maximum absolute atomic E-state index is 3.65. The predicted octanol–water partition coefficient (Wildman–Crippen LogP) is 2.96. The van der Waals surface area contributed by atoms with Crippen LogP contribution in [0, 0.1) is 5.92 Å².